The number of halogens is 1. The first kappa shape index (κ1) is 22.4. The lowest BCUT2D eigenvalue weighted by Gasteiger charge is -2.37. The number of para-hydroxylation sites is 2. The summed E-state index contributed by atoms with van der Waals surface area (Å²) in [5.41, 5.74) is 4.49. The minimum absolute atomic E-state index is 0.178. The number of piperazine rings is 1. The molecular weight excluding hydrogens is 425 g/mol. The van der Waals surface area contributed by atoms with Crippen molar-refractivity contribution in [3.63, 3.8) is 0 Å². The van der Waals surface area contributed by atoms with Gasteiger partial charge in [-0.25, -0.2) is 4.39 Å². The number of pyridine rings is 1. The van der Waals surface area contributed by atoms with E-state index in [2.05, 4.69) is 46.0 Å². The molecule has 2 heterocycles. The Hall–Kier alpha value is -3.44. The summed E-state index contributed by atoms with van der Waals surface area (Å²) < 4.78 is 20.1. The molecule has 4 nitrogen and oxygen atoms in total. The first-order valence-corrected chi connectivity index (χ1v) is 12.0. The van der Waals surface area contributed by atoms with Crippen molar-refractivity contribution in [2.75, 3.05) is 37.6 Å². The average molecular weight is 456 g/mol. The van der Waals surface area contributed by atoms with Gasteiger partial charge in [0.15, 0.2) is 0 Å². The van der Waals surface area contributed by atoms with Crippen LogP contribution >= 0.6 is 0 Å². The smallest absolute Gasteiger partial charge is 0.146 e. The van der Waals surface area contributed by atoms with Crippen molar-refractivity contribution in [3.8, 4) is 5.75 Å². The first-order chi connectivity index (χ1) is 16.7. The van der Waals surface area contributed by atoms with Crippen LogP contribution in [0.15, 0.2) is 85.1 Å². The van der Waals surface area contributed by atoms with Gasteiger partial charge in [-0.05, 0) is 48.4 Å². The van der Waals surface area contributed by atoms with Gasteiger partial charge in [-0.3, -0.25) is 9.88 Å². The maximum Gasteiger partial charge on any atom is 0.146 e. The second-order valence-corrected chi connectivity index (χ2v) is 8.89. The predicted octanol–water partition coefficient (Wildman–Crippen LogP) is 6.01. The lowest BCUT2D eigenvalue weighted by atomic mass is 10.1. The van der Waals surface area contributed by atoms with Crippen LogP contribution in [0.1, 0.15) is 23.7 Å². The number of hydrogen-bond donors (Lipinski definition) is 0. The van der Waals surface area contributed by atoms with E-state index in [4.69, 9.17) is 4.74 Å². The minimum Gasteiger partial charge on any atom is -0.483 e. The Bertz CT molecular complexity index is 1230. The molecule has 3 aromatic carbocycles. The van der Waals surface area contributed by atoms with Crippen molar-refractivity contribution in [1.29, 1.82) is 0 Å². The van der Waals surface area contributed by atoms with Gasteiger partial charge < -0.3 is 9.64 Å². The third-order valence-electron chi connectivity index (χ3n) is 6.64. The third kappa shape index (κ3) is 5.05. The van der Waals surface area contributed by atoms with Crippen LogP contribution in [0.5, 0.6) is 5.75 Å². The van der Waals surface area contributed by atoms with Crippen molar-refractivity contribution in [3.05, 3.63) is 102 Å². The van der Waals surface area contributed by atoms with E-state index < -0.39 is 0 Å². The Morgan fingerprint density at radius 1 is 0.882 bits per heavy atom. The van der Waals surface area contributed by atoms with Gasteiger partial charge in [0.2, 0.25) is 0 Å². The van der Waals surface area contributed by atoms with Crippen molar-refractivity contribution in [2.45, 2.75) is 19.4 Å². The molecule has 5 rings (SSSR count). The van der Waals surface area contributed by atoms with Crippen LogP contribution in [0.25, 0.3) is 10.9 Å². The van der Waals surface area contributed by atoms with Crippen LogP contribution in [0, 0.1) is 12.7 Å². The Kier molecular flexibility index (Phi) is 6.72. The molecular formula is C29H30FN3O. The molecule has 1 atom stereocenters. The van der Waals surface area contributed by atoms with Gasteiger partial charge in [-0.1, -0.05) is 48.5 Å². The molecule has 0 radical (unpaired) electrons. The fourth-order valence-electron chi connectivity index (χ4n) is 4.73. The molecule has 174 valence electrons. The van der Waals surface area contributed by atoms with Gasteiger partial charge in [0.25, 0.3) is 0 Å². The van der Waals surface area contributed by atoms with Crippen LogP contribution < -0.4 is 9.64 Å². The quantitative estimate of drug-likeness (QED) is 0.341. The normalized spacial score (nSPS) is 15.4. The number of ether oxygens (including phenoxy) is 1. The SMILES string of the molecule is Cc1ccccc1N1CCN(CCC(Oc2cccc3cccnc23)c2ccc(F)cc2)CC1. The summed E-state index contributed by atoms with van der Waals surface area (Å²) in [7, 11) is 0. The van der Waals surface area contributed by atoms with Gasteiger partial charge in [-0.15, -0.1) is 0 Å². The minimum atomic E-state index is -0.235. The summed E-state index contributed by atoms with van der Waals surface area (Å²) in [5.74, 6) is 0.526. The monoisotopic (exact) mass is 455 g/mol. The highest BCUT2D eigenvalue weighted by Crippen LogP contribution is 2.30. The summed E-state index contributed by atoms with van der Waals surface area (Å²) >= 11 is 0. The molecule has 0 bridgehead atoms. The Morgan fingerprint density at radius 2 is 1.65 bits per heavy atom. The largest absolute Gasteiger partial charge is 0.483 e. The van der Waals surface area contributed by atoms with Crippen LogP contribution in [0.4, 0.5) is 10.1 Å². The van der Waals surface area contributed by atoms with Crippen molar-refractivity contribution < 1.29 is 9.13 Å². The highest BCUT2D eigenvalue weighted by molar-refractivity contribution is 5.84. The Morgan fingerprint density at radius 3 is 2.44 bits per heavy atom. The van der Waals surface area contributed by atoms with Gasteiger partial charge in [0.1, 0.15) is 23.2 Å². The van der Waals surface area contributed by atoms with E-state index in [1.807, 2.05) is 42.5 Å². The van der Waals surface area contributed by atoms with Crippen LogP contribution in [-0.2, 0) is 0 Å². The molecule has 1 aromatic heterocycles. The van der Waals surface area contributed by atoms with E-state index in [1.165, 1.54) is 23.4 Å². The molecule has 0 N–H and O–H groups in total. The number of rotatable bonds is 7. The summed E-state index contributed by atoms with van der Waals surface area (Å²) in [6.07, 6.45) is 2.43. The van der Waals surface area contributed by atoms with Crippen molar-refractivity contribution in [2.24, 2.45) is 0 Å². The summed E-state index contributed by atoms with van der Waals surface area (Å²) in [6, 6.07) is 25.2. The van der Waals surface area contributed by atoms with Gasteiger partial charge in [-0.2, -0.15) is 0 Å². The fourth-order valence-corrected chi connectivity index (χ4v) is 4.73. The van der Waals surface area contributed by atoms with E-state index >= 15 is 0 Å². The van der Waals surface area contributed by atoms with Gasteiger partial charge >= 0.3 is 0 Å². The molecule has 1 unspecified atom stereocenters. The van der Waals surface area contributed by atoms with Crippen LogP contribution in [0.2, 0.25) is 0 Å². The van der Waals surface area contributed by atoms with E-state index in [-0.39, 0.29) is 11.9 Å². The highest BCUT2D eigenvalue weighted by Gasteiger charge is 2.21. The molecule has 1 aliphatic heterocycles. The molecule has 34 heavy (non-hydrogen) atoms. The number of aryl methyl sites for hydroxylation is 1. The zero-order chi connectivity index (χ0) is 23.3. The molecule has 0 aliphatic carbocycles. The van der Waals surface area contributed by atoms with E-state index in [0.29, 0.717) is 0 Å². The molecule has 1 aliphatic rings. The lowest BCUT2D eigenvalue weighted by Crippen LogP contribution is -2.47. The van der Waals surface area contributed by atoms with Crippen molar-refractivity contribution >= 4 is 16.6 Å². The predicted molar refractivity (Wildman–Crippen MR) is 136 cm³/mol. The molecule has 0 saturated carbocycles. The summed E-state index contributed by atoms with van der Waals surface area (Å²) in [4.78, 5) is 9.51. The second-order valence-electron chi connectivity index (χ2n) is 8.89. The van der Waals surface area contributed by atoms with Crippen molar-refractivity contribution in [1.82, 2.24) is 9.88 Å². The fraction of sp³-hybridized carbons (Fsp3) is 0.276. The highest BCUT2D eigenvalue weighted by atomic mass is 19.1. The average Bonchev–Trinajstić information content (AvgIpc) is 2.88. The Labute approximate surface area is 200 Å². The molecule has 1 fully saturated rings. The molecule has 4 aromatic rings. The van der Waals surface area contributed by atoms with Gasteiger partial charge in [0, 0.05) is 56.4 Å². The maximum absolute atomic E-state index is 13.6. The third-order valence-corrected chi connectivity index (χ3v) is 6.64. The molecule has 0 spiro atoms. The number of benzene rings is 3. The standard InChI is InChI=1S/C29H30FN3O/c1-22-6-2-3-9-26(22)33-20-18-32(19-21-33)17-15-27(23-11-13-25(30)14-12-23)34-28-10-4-7-24-8-5-16-31-29(24)28/h2-14,16,27H,15,17-21H2,1H3. The number of fused-ring (bicyclic) bond motifs is 1. The lowest BCUT2D eigenvalue weighted by molar-refractivity contribution is 0.161. The number of anilines is 1. The maximum atomic E-state index is 13.6. The molecule has 1 saturated heterocycles. The number of nitrogens with zero attached hydrogens (tertiary/aromatic N) is 3. The van der Waals surface area contributed by atoms with Crippen LogP contribution in [0.3, 0.4) is 0 Å². The summed E-state index contributed by atoms with van der Waals surface area (Å²) in [5, 5.41) is 1.05. The van der Waals surface area contributed by atoms with Gasteiger partial charge in [0.05, 0.1) is 0 Å². The number of hydrogen-bond acceptors (Lipinski definition) is 4. The molecule has 0 amide bonds. The van der Waals surface area contributed by atoms with E-state index in [0.717, 1.165) is 61.4 Å². The van der Waals surface area contributed by atoms with E-state index in [9.17, 15) is 4.39 Å². The zero-order valence-electron chi connectivity index (χ0n) is 19.5. The topological polar surface area (TPSA) is 28.6 Å². The number of aromatic nitrogens is 1. The Balaban J connectivity index is 1.28. The first-order valence-electron chi connectivity index (χ1n) is 12.0. The summed E-state index contributed by atoms with van der Waals surface area (Å²) in [6.45, 7) is 7.15. The van der Waals surface area contributed by atoms with E-state index in [1.54, 1.807) is 6.20 Å². The molecule has 5 heteroatoms. The van der Waals surface area contributed by atoms with Crippen LogP contribution in [-0.4, -0.2) is 42.6 Å². The zero-order valence-corrected chi connectivity index (χ0v) is 19.5. The second kappa shape index (κ2) is 10.2.